The molecule has 0 saturated carbocycles. The van der Waals surface area contributed by atoms with Gasteiger partial charge in [-0.25, -0.2) is 0 Å². The van der Waals surface area contributed by atoms with Gasteiger partial charge in [0.25, 0.3) is 0 Å². The quantitative estimate of drug-likeness (QED) is 0.254. The second-order valence-electron chi connectivity index (χ2n) is 7.70. The van der Waals surface area contributed by atoms with E-state index in [0.29, 0.717) is 6.42 Å². The van der Waals surface area contributed by atoms with Crippen molar-refractivity contribution in [2.75, 3.05) is 45.2 Å². The van der Waals surface area contributed by atoms with Crippen molar-refractivity contribution in [2.24, 2.45) is 0 Å². The van der Waals surface area contributed by atoms with E-state index in [4.69, 9.17) is 22.8 Å². The molecule has 0 N–H and O–H groups in total. The molecular weight excluding hydrogens is 448 g/mol. The van der Waals surface area contributed by atoms with E-state index in [0.717, 1.165) is 0 Å². The number of carbonyl (C=O) groups is 2. The van der Waals surface area contributed by atoms with Gasteiger partial charge >= 0.3 is 15.2 Å². The number of hydrogen-bond acceptors (Lipinski definition) is 9. The number of amides is 1. The Morgan fingerprint density at radius 2 is 1.58 bits per heavy atom. The minimum absolute atomic E-state index is 0.0651. The number of nitrogens with zero attached hydrogens (tertiary/aromatic N) is 1. The Kier molecular flexibility index (Phi) is 12.1. The standard InChI is InChI=1S/C19H37NO9P2/c1-7-26-30(23,27-8-2)11-9-10-25-18-13-20(12-17(18)21)19(22)14-31(24,28-15(3)4)29-16(5)6/h15-16,18H,7-14H2,1-6H3/t18-/m0/s1. The van der Waals surface area contributed by atoms with Gasteiger partial charge in [-0.1, -0.05) is 0 Å². The van der Waals surface area contributed by atoms with Crippen LogP contribution in [0.2, 0.25) is 0 Å². The summed E-state index contributed by atoms with van der Waals surface area (Å²) in [6.45, 7) is 11.0. The number of hydrogen-bond donors (Lipinski definition) is 0. The van der Waals surface area contributed by atoms with Crippen LogP contribution in [0.3, 0.4) is 0 Å². The number of likely N-dealkylation sites (tertiary alicyclic amines) is 1. The number of carbonyl (C=O) groups excluding carboxylic acids is 2. The molecule has 182 valence electrons. The van der Waals surface area contributed by atoms with Gasteiger partial charge < -0.3 is 27.7 Å². The first-order valence-corrected chi connectivity index (χ1v) is 14.1. The molecule has 0 spiro atoms. The monoisotopic (exact) mass is 485 g/mol. The third kappa shape index (κ3) is 10.3. The van der Waals surface area contributed by atoms with Crippen LogP contribution in [0.5, 0.6) is 0 Å². The van der Waals surface area contributed by atoms with E-state index in [1.807, 2.05) is 0 Å². The van der Waals surface area contributed by atoms with E-state index in [2.05, 4.69) is 0 Å². The summed E-state index contributed by atoms with van der Waals surface area (Å²) in [6, 6.07) is 0. The van der Waals surface area contributed by atoms with Crippen molar-refractivity contribution in [3.63, 3.8) is 0 Å². The molecule has 1 rings (SSSR count). The van der Waals surface area contributed by atoms with Crippen LogP contribution in [-0.2, 0) is 41.6 Å². The van der Waals surface area contributed by atoms with Crippen molar-refractivity contribution >= 4 is 26.9 Å². The fourth-order valence-electron chi connectivity index (χ4n) is 3.04. The number of Topliss-reactive ketones (excluding diaryl/α,β-unsaturated/α-hetero) is 1. The Bertz CT molecular complexity index is 659. The highest BCUT2D eigenvalue weighted by atomic mass is 31.2. The van der Waals surface area contributed by atoms with Crippen molar-refractivity contribution < 1.29 is 41.6 Å². The highest BCUT2D eigenvalue weighted by Gasteiger charge is 2.39. The van der Waals surface area contributed by atoms with Crippen LogP contribution in [0, 0.1) is 0 Å². The van der Waals surface area contributed by atoms with Gasteiger partial charge in [-0.15, -0.1) is 0 Å². The van der Waals surface area contributed by atoms with Gasteiger partial charge in [0.15, 0.2) is 5.78 Å². The average molecular weight is 485 g/mol. The average Bonchev–Trinajstić information content (AvgIpc) is 2.98. The summed E-state index contributed by atoms with van der Waals surface area (Å²) in [5.41, 5.74) is 0. The molecule has 31 heavy (non-hydrogen) atoms. The number of ketones is 1. The molecule has 1 amide bonds. The van der Waals surface area contributed by atoms with E-state index < -0.39 is 33.4 Å². The fourth-order valence-corrected chi connectivity index (χ4v) is 6.69. The van der Waals surface area contributed by atoms with Crippen molar-refractivity contribution in [1.29, 1.82) is 0 Å². The Labute approximate surface area is 185 Å². The van der Waals surface area contributed by atoms with E-state index >= 15 is 0 Å². The molecule has 0 bridgehead atoms. The Morgan fingerprint density at radius 1 is 1.03 bits per heavy atom. The Morgan fingerprint density at radius 3 is 2.06 bits per heavy atom. The third-order valence-electron chi connectivity index (χ3n) is 4.06. The van der Waals surface area contributed by atoms with Crippen molar-refractivity contribution in [1.82, 2.24) is 4.90 Å². The predicted octanol–water partition coefficient (Wildman–Crippen LogP) is 3.48. The van der Waals surface area contributed by atoms with Gasteiger partial charge in [0.05, 0.1) is 44.7 Å². The van der Waals surface area contributed by atoms with Gasteiger partial charge in [0.2, 0.25) is 5.91 Å². The van der Waals surface area contributed by atoms with Crippen molar-refractivity contribution in [3.05, 3.63) is 0 Å². The predicted molar refractivity (Wildman–Crippen MR) is 117 cm³/mol. The summed E-state index contributed by atoms with van der Waals surface area (Å²) in [6.07, 6.45) is -1.40. The molecule has 0 aromatic rings. The minimum Gasteiger partial charge on any atom is -0.368 e. The molecule has 0 unspecified atom stereocenters. The molecule has 1 aliphatic heterocycles. The zero-order valence-corrected chi connectivity index (χ0v) is 21.2. The van der Waals surface area contributed by atoms with Gasteiger partial charge in [-0.2, -0.15) is 0 Å². The molecular formula is C19H37NO9P2. The van der Waals surface area contributed by atoms with Crippen LogP contribution < -0.4 is 0 Å². The van der Waals surface area contributed by atoms with Gasteiger partial charge in [0, 0.05) is 6.61 Å². The first-order valence-electron chi connectivity index (χ1n) is 10.7. The SMILES string of the molecule is CCOP(=O)(CCCO[C@H]1CN(C(=O)CP(=O)(OC(C)C)OC(C)C)CC1=O)OCC. The molecule has 12 heteroatoms. The highest BCUT2D eigenvalue weighted by molar-refractivity contribution is 7.55. The summed E-state index contributed by atoms with van der Waals surface area (Å²) >= 11 is 0. The molecule has 1 atom stereocenters. The maximum absolute atomic E-state index is 12.9. The Hall–Kier alpha value is -0.600. The maximum atomic E-state index is 12.9. The molecule has 0 aromatic heterocycles. The first kappa shape index (κ1) is 28.4. The lowest BCUT2D eigenvalue weighted by atomic mass is 10.3. The van der Waals surface area contributed by atoms with Crippen LogP contribution >= 0.6 is 15.2 Å². The lowest BCUT2D eigenvalue weighted by Crippen LogP contribution is -2.33. The zero-order chi connectivity index (χ0) is 23.7. The van der Waals surface area contributed by atoms with E-state index in [1.54, 1.807) is 41.5 Å². The van der Waals surface area contributed by atoms with Crippen molar-refractivity contribution in [2.45, 2.75) is 66.3 Å². The molecule has 0 aromatic carbocycles. The first-order chi connectivity index (χ1) is 14.4. The molecule has 1 fully saturated rings. The fraction of sp³-hybridized carbons (Fsp3) is 0.895. The van der Waals surface area contributed by atoms with E-state index in [9.17, 15) is 18.7 Å². The van der Waals surface area contributed by atoms with Gasteiger partial charge in [0.1, 0.15) is 12.3 Å². The zero-order valence-electron chi connectivity index (χ0n) is 19.4. The lowest BCUT2D eigenvalue weighted by molar-refractivity contribution is -0.129. The molecule has 0 aliphatic carbocycles. The maximum Gasteiger partial charge on any atom is 0.340 e. The minimum atomic E-state index is -3.64. The highest BCUT2D eigenvalue weighted by Crippen LogP contribution is 2.50. The molecule has 0 radical (unpaired) electrons. The van der Waals surface area contributed by atoms with Crippen LogP contribution in [-0.4, -0.2) is 80.1 Å². The molecule has 1 heterocycles. The molecule has 1 saturated heterocycles. The summed E-state index contributed by atoms with van der Waals surface area (Å²) in [4.78, 5) is 26.2. The summed E-state index contributed by atoms with van der Waals surface area (Å²) in [5.74, 6) is -0.725. The Balaban J connectivity index is 2.57. The summed E-state index contributed by atoms with van der Waals surface area (Å²) in [5, 5.41) is 0. The van der Waals surface area contributed by atoms with Gasteiger partial charge in [-0.3, -0.25) is 18.7 Å². The third-order valence-corrected chi connectivity index (χ3v) is 8.37. The second-order valence-corrected chi connectivity index (χ2v) is 11.8. The molecule has 10 nitrogen and oxygen atoms in total. The summed E-state index contributed by atoms with van der Waals surface area (Å²) < 4.78 is 52.2. The topological polar surface area (TPSA) is 118 Å². The normalized spacial score (nSPS) is 17.9. The lowest BCUT2D eigenvalue weighted by Gasteiger charge is -2.24. The summed E-state index contributed by atoms with van der Waals surface area (Å²) in [7, 11) is -6.80. The van der Waals surface area contributed by atoms with E-state index in [1.165, 1.54) is 4.90 Å². The van der Waals surface area contributed by atoms with Crippen LogP contribution in [0.15, 0.2) is 0 Å². The number of ether oxygens (including phenoxy) is 1. The van der Waals surface area contributed by atoms with Gasteiger partial charge in [-0.05, 0) is 48.0 Å². The van der Waals surface area contributed by atoms with Crippen molar-refractivity contribution in [3.8, 4) is 0 Å². The van der Waals surface area contributed by atoms with Crippen LogP contribution in [0.1, 0.15) is 48.0 Å². The smallest absolute Gasteiger partial charge is 0.340 e. The largest absolute Gasteiger partial charge is 0.368 e. The second kappa shape index (κ2) is 13.2. The van der Waals surface area contributed by atoms with E-state index in [-0.39, 0.29) is 57.1 Å². The number of rotatable bonds is 15. The van der Waals surface area contributed by atoms with Crippen LogP contribution in [0.4, 0.5) is 0 Å². The molecule has 1 aliphatic rings. The van der Waals surface area contributed by atoms with Crippen LogP contribution in [0.25, 0.3) is 0 Å².